The fraction of sp³-hybridized carbons (Fsp3) is 0.263. The van der Waals surface area contributed by atoms with E-state index < -0.39 is 12.0 Å². The maximum Gasteiger partial charge on any atom is 0.338 e. The number of nitrogens with two attached hydrogens (primary N) is 1. The number of hydrogen-bond acceptors (Lipinski definition) is 4. The third-order valence-corrected chi connectivity index (χ3v) is 3.52. The Morgan fingerprint density at radius 2 is 1.50 bits per heavy atom. The Morgan fingerprint density at radius 3 is 1.96 bits per heavy atom. The molecule has 0 fully saturated rings. The summed E-state index contributed by atoms with van der Waals surface area (Å²) in [5.74, 6) is -1.35. The quantitative estimate of drug-likeness (QED) is 0.796. The van der Waals surface area contributed by atoms with Crippen LogP contribution in [-0.2, 0) is 16.0 Å². The number of ether oxygens (including phenoxy) is 1. The van der Waals surface area contributed by atoms with Crippen LogP contribution in [0, 0.1) is 0 Å². The van der Waals surface area contributed by atoms with Gasteiger partial charge in [0.1, 0.15) is 6.04 Å². The average Bonchev–Trinajstić information content (AvgIpc) is 2.55. The smallest absolute Gasteiger partial charge is 0.338 e. The van der Waals surface area contributed by atoms with Gasteiger partial charge in [-0.2, -0.15) is 0 Å². The highest BCUT2D eigenvalue weighted by Crippen LogP contribution is 2.21. The van der Waals surface area contributed by atoms with Gasteiger partial charge in [0.2, 0.25) is 0 Å². The van der Waals surface area contributed by atoms with E-state index in [0.29, 0.717) is 5.56 Å². The van der Waals surface area contributed by atoms with Gasteiger partial charge in [0, 0.05) is 0 Å². The maximum absolute atomic E-state index is 11.8. The number of carboxylic acid groups (broad SMARTS) is 1. The number of hydrogen-bond donors (Lipinski definition) is 2. The molecule has 2 aromatic rings. The predicted octanol–water partition coefficient (Wildman–Crippen LogP) is 2.87. The van der Waals surface area contributed by atoms with E-state index in [-0.39, 0.29) is 18.5 Å². The summed E-state index contributed by atoms with van der Waals surface area (Å²) in [6.45, 7) is 3.62. The molecule has 0 saturated carbocycles. The van der Waals surface area contributed by atoms with Crippen LogP contribution in [0.15, 0.2) is 48.5 Å². The van der Waals surface area contributed by atoms with E-state index >= 15 is 0 Å². The van der Waals surface area contributed by atoms with Crippen molar-refractivity contribution >= 4 is 11.9 Å². The summed E-state index contributed by atoms with van der Waals surface area (Å²) >= 11 is 0. The summed E-state index contributed by atoms with van der Waals surface area (Å²) in [6, 6.07) is 13.8. The molecule has 2 aromatic carbocycles. The lowest BCUT2D eigenvalue weighted by atomic mass is 10.00. The molecule has 0 bridgehead atoms. The zero-order chi connectivity index (χ0) is 17.7. The van der Waals surface area contributed by atoms with Gasteiger partial charge >= 0.3 is 11.9 Å². The largest absolute Gasteiger partial charge is 0.480 e. The molecular weight excluding hydrogens is 306 g/mol. The van der Waals surface area contributed by atoms with Crippen molar-refractivity contribution in [3.63, 3.8) is 0 Å². The van der Waals surface area contributed by atoms with Crippen molar-refractivity contribution in [1.29, 1.82) is 0 Å². The minimum Gasteiger partial charge on any atom is -0.480 e. The lowest BCUT2D eigenvalue weighted by Crippen LogP contribution is -2.32. The lowest BCUT2D eigenvalue weighted by molar-refractivity contribution is -0.138. The Labute approximate surface area is 141 Å². The van der Waals surface area contributed by atoms with Crippen molar-refractivity contribution in [2.75, 3.05) is 0 Å². The zero-order valence-electron chi connectivity index (χ0n) is 13.7. The molecule has 0 spiro atoms. The van der Waals surface area contributed by atoms with Crippen molar-refractivity contribution in [3.05, 3.63) is 59.7 Å². The van der Waals surface area contributed by atoms with Gasteiger partial charge in [-0.05, 0) is 49.1 Å². The first-order chi connectivity index (χ1) is 11.4. The van der Waals surface area contributed by atoms with Gasteiger partial charge < -0.3 is 15.6 Å². The summed E-state index contributed by atoms with van der Waals surface area (Å²) in [5, 5.41) is 8.84. The van der Waals surface area contributed by atoms with E-state index in [4.69, 9.17) is 15.6 Å². The van der Waals surface area contributed by atoms with Crippen LogP contribution in [0.1, 0.15) is 29.8 Å². The molecule has 0 radical (unpaired) electrons. The molecule has 0 aliphatic heterocycles. The lowest BCUT2D eigenvalue weighted by Gasteiger charge is -2.09. The van der Waals surface area contributed by atoms with E-state index in [1.54, 1.807) is 12.1 Å². The minimum absolute atomic E-state index is 0.151. The molecule has 1 atom stereocenters. The highest BCUT2D eigenvalue weighted by Gasteiger charge is 2.12. The van der Waals surface area contributed by atoms with Crippen molar-refractivity contribution in [3.8, 4) is 11.1 Å². The highest BCUT2D eigenvalue weighted by molar-refractivity contribution is 5.90. The van der Waals surface area contributed by atoms with Crippen LogP contribution in [0.5, 0.6) is 0 Å². The summed E-state index contributed by atoms with van der Waals surface area (Å²) in [7, 11) is 0. The van der Waals surface area contributed by atoms with Crippen molar-refractivity contribution in [1.82, 2.24) is 0 Å². The Balaban J connectivity index is 2.09. The van der Waals surface area contributed by atoms with Crippen LogP contribution in [-0.4, -0.2) is 29.2 Å². The van der Waals surface area contributed by atoms with Crippen molar-refractivity contribution in [2.24, 2.45) is 5.73 Å². The standard InChI is InChI=1S/C19H21NO4/c1-12(2)24-19(23)16-9-7-15(8-10-16)14-5-3-13(4-6-14)11-17(20)18(21)22/h3-10,12,17H,11,20H2,1-2H3,(H,21,22). The predicted molar refractivity (Wildman–Crippen MR) is 91.7 cm³/mol. The van der Waals surface area contributed by atoms with E-state index in [9.17, 15) is 9.59 Å². The molecule has 0 amide bonds. The topological polar surface area (TPSA) is 89.6 Å². The van der Waals surface area contributed by atoms with E-state index in [1.165, 1.54) is 0 Å². The van der Waals surface area contributed by atoms with E-state index in [2.05, 4.69) is 0 Å². The van der Waals surface area contributed by atoms with Crippen LogP contribution in [0.3, 0.4) is 0 Å². The number of benzene rings is 2. The zero-order valence-corrected chi connectivity index (χ0v) is 13.7. The van der Waals surface area contributed by atoms with Crippen molar-refractivity contribution < 1.29 is 19.4 Å². The number of carboxylic acids is 1. The number of carbonyl (C=O) groups is 2. The summed E-state index contributed by atoms with van der Waals surface area (Å²) in [5.41, 5.74) is 8.85. The highest BCUT2D eigenvalue weighted by atomic mass is 16.5. The number of rotatable bonds is 6. The first-order valence-electron chi connectivity index (χ1n) is 7.75. The summed E-state index contributed by atoms with van der Waals surface area (Å²) in [4.78, 5) is 22.6. The average molecular weight is 327 g/mol. The van der Waals surface area contributed by atoms with Crippen LogP contribution in [0.2, 0.25) is 0 Å². The van der Waals surface area contributed by atoms with Gasteiger partial charge in [-0.25, -0.2) is 4.79 Å². The summed E-state index contributed by atoms with van der Waals surface area (Å²) in [6.07, 6.45) is 0.136. The molecule has 0 aromatic heterocycles. The first-order valence-corrected chi connectivity index (χ1v) is 7.75. The second-order valence-corrected chi connectivity index (χ2v) is 5.88. The Bertz CT molecular complexity index is 705. The number of esters is 1. The number of aliphatic carboxylic acids is 1. The Kier molecular flexibility index (Phi) is 5.71. The fourth-order valence-electron chi connectivity index (χ4n) is 2.26. The Morgan fingerprint density at radius 1 is 1.00 bits per heavy atom. The van der Waals surface area contributed by atoms with Crippen molar-refractivity contribution in [2.45, 2.75) is 32.4 Å². The van der Waals surface area contributed by atoms with Gasteiger partial charge in [0.05, 0.1) is 11.7 Å². The van der Waals surface area contributed by atoms with Gasteiger partial charge in [0.15, 0.2) is 0 Å². The SMILES string of the molecule is CC(C)OC(=O)c1ccc(-c2ccc(CC(N)C(=O)O)cc2)cc1. The molecule has 3 N–H and O–H groups in total. The molecule has 0 heterocycles. The normalized spacial score (nSPS) is 12.0. The molecule has 126 valence electrons. The molecule has 5 heteroatoms. The maximum atomic E-state index is 11.8. The minimum atomic E-state index is -1.01. The number of carbonyl (C=O) groups excluding carboxylic acids is 1. The second-order valence-electron chi connectivity index (χ2n) is 5.88. The Hall–Kier alpha value is -2.66. The fourth-order valence-corrected chi connectivity index (χ4v) is 2.26. The monoisotopic (exact) mass is 327 g/mol. The van der Waals surface area contributed by atoms with E-state index in [0.717, 1.165) is 16.7 Å². The van der Waals surface area contributed by atoms with Crippen LogP contribution in [0.25, 0.3) is 11.1 Å². The third-order valence-electron chi connectivity index (χ3n) is 3.52. The van der Waals surface area contributed by atoms with Gasteiger partial charge in [-0.15, -0.1) is 0 Å². The molecule has 0 aliphatic rings. The molecule has 1 unspecified atom stereocenters. The molecule has 2 rings (SSSR count). The van der Waals surface area contributed by atoms with Crippen LogP contribution >= 0.6 is 0 Å². The van der Waals surface area contributed by atoms with Gasteiger partial charge in [-0.1, -0.05) is 36.4 Å². The molecule has 24 heavy (non-hydrogen) atoms. The molecule has 0 aliphatic carbocycles. The summed E-state index contributed by atoms with van der Waals surface area (Å²) < 4.78 is 5.16. The molecule has 5 nitrogen and oxygen atoms in total. The first kappa shape index (κ1) is 17.7. The molecule has 0 saturated heterocycles. The molecular formula is C19H21NO4. The van der Waals surface area contributed by atoms with E-state index in [1.807, 2.05) is 50.2 Å². The van der Waals surface area contributed by atoms with Gasteiger partial charge in [-0.3, -0.25) is 4.79 Å². The van der Waals surface area contributed by atoms with Crippen LogP contribution < -0.4 is 5.73 Å². The van der Waals surface area contributed by atoms with Gasteiger partial charge in [0.25, 0.3) is 0 Å². The third kappa shape index (κ3) is 4.67. The van der Waals surface area contributed by atoms with Crippen LogP contribution in [0.4, 0.5) is 0 Å². The second kappa shape index (κ2) is 7.75.